The molecule has 0 saturated heterocycles. The number of nitrogens with zero attached hydrogens (tertiary/aromatic N) is 2. The molecule has 4 aromatic rings. The van der Waals surface area contributed by atoms with Gasteiger partial charge in [-0.2, -0.15) is 0 Å². The Labute approximate surface area is 390 Å². The molecule has 2 N–H and O–H groups in total. The maximum atomic E-state index is 12.1. The standard InChI is InChI=1S/C25H34ClNO3.C23H30ClNO3.Na.H2O/c1-4-29-24(28)25(2,3)15-9-5-6-12-22(20-10-7-8-11-21(20)26)27-16-13-23-19(18-27)14-17-30-23;1-23(2,22(26)27)13-7-3-4-10-20(18-8-5-6-9-19(18)24)25-14-11-21-17(16-25)12-15-28-21;;/h7-8,10-11,14,17,22H,4-6,9,12-13,15-16,18H2,1-3H3;5-6,8-9,12,15,20H,3-4,7,10-11,13-14,16H2,1-2H3,(H,26,27);;1H2/q;;+1;/p-1. The molecule has 0 spiro atoms. The van der Waals surface area contributed by atoms with Crippen LogP contribution >= 0.6 is 23.2 Å². The van der Waals surface area contributed by atoms with Gasteiger partial charge in [0.15, 0.2) is 0 Å². The number of carboxylic acids is 1. The number of hydrogen-bond acceptors (Lipinski definition) is 8. The van der Waals surface area contributed by atoms with Gasteiger partial charge in [0.1, 0.15) is 11.5 Å². The largest absolute Gasteiger partial charge is 1.00 e. The first-order valence-corrected chi connectivity index (χ1v) is 22.0. The molecular weight excluding hydrogens is 810 g/mol. The van der Waals surface area contributed by atoms with Gasteiger partial charge in [-0.05, 0) is 95.7 Å². The van der Waals surface area contributed by atoms with E-state index in [2.05, 4.69) is 46.2 Å². The SMILES string of the molecule is CC(C)(CCCCCC(c1ccccc1Cl)N1CCc2occc2C1)C(=O)O.CCOC(=O)C(C)(C)CCCCCC(c1ccccc1Cl)N1CCc2occc2C1.[Na+].[OH-]. The van der Waals surface area contributed by atoms with Gasteiger partial charge < -0.3 is 24.2 Å². The van der Waals surface area contributed by atoms with Gasteiger partial charge in [-0.15, -0.1) is 0 Å². The normalized spacial score (nSPS) is 15.2. The number of benzene rings is 2. The summed E-state index contributed by atoms with van der Waals surface area (Å²) in [6, 6.07) is 21.0. The fourth-order valence-corrected chi connectivity index (χ4v) is 8.85. The first-order chi connectivity index (χ1) is 27.8. The second-order valence-electron chi connectivity index (χ2n) is 17.2. The zero-order chi connectivity index (χ0) is 41.7. The van der Waals surface area contributed by atoms with Crippen LogP contribution in [-0.4, -0.2) is 52.0 Å². The zero-order valence-corrected chi connectivity index (χ0v) is 40.2. The minimum atomic E-state index is -0.717. The van der Waals surface area contributed by atoms with E-state index >= 15 is 0 Å². The summed E-state index contributed by atoms with van der Waals surface area (Å²) >= 11 is 13.1. The van der Waals surface area contributed by atoms with Crippen LogP contribution in [0, 0.1) is 10.8 Å². The quantitative estimate of drug-likeness (QED) is 0.0557. The fraction of sp³-hybridized carbons (Fsp3) is 0.542. The average molecular weight is 876 g/mol. The van der Waals surface area contributed by atoms with Crippen LogP contribution in [0.3, 0.4) is 0 Å². The van der Waals surface area contributed by atoms with Gasteiger partial charge in [0, 0.05) is 72.3 Å². The van der Waals surface area contributed by atoms with Crippen molar-refractivity contribution in [1.29, 1.82) is 0 Å². The van der Waals surface area contributed by atoms with Crippen molar-refractivity contribution in [2.75, 3.05) is 19.7 Å². The molecule has 2 aliphatic heterocycles. The number of halogens is 2. The predicted molar refractivity (Wildman–Crippen MR) is 234 cm³/mol. The summed E-state index contributed by atoms with van der Waals surface area (Å²) in [6.45, 7) is 13.6. The molecule has 2 aliphatic rings. The number of aliphatic carboxylic acids is 1. The number of ether oxygens (including phenoxy) is 1. The van der Waals surface area contributed by atoms with Crippen molar-refractivity contribution >= 4 is 35.1 Å². The van der Waals surface area contributed by atoms with Gasteiger partial charge in [-0.25, -0.2) is 0 Å². The van der Waals surface area contributed by atoms with Crippen LogP contribution in [0.4, 0.5) is 0 Å². The van der Waals surface area contributed by atoms with E-state index in [0.29, 0.717) is 19.1 Å². The first-order valence-electron chi connectivity index (χ1n) is 21.3. The molecule has 4 heterocycles. The summed E-state index contributed by atoms with van der Waals surface area (Å²) < 4.78 is 16.4. The van der Waals surface area contributed by atoms with Gasteiger partial charge >= 0.3 is 41.5 Å². The molecule has 0 fully saturated rings. The monoisotopic (exact) mass is 874 g/mol. The fourth-order valence-electron chi connectivity index (χ4n) is 8.33. The summed E-state index contributed by atoms with van der Waals surface area (Å²) in [6.07, 6.45) is 15.3. The minimum absolute atomic E-state index is 0. The van der Waals surface area contributed by atoms with Crippen LogP contribution in [0.15, 0.2) is 82.0 Å². The zero-order valence-electron chi connectivity index (χ0n) is 36.7. The van der Waals surface area contributed by atoms with Gasteiger partial charge in [0.25, 0.3) is 0 Å². The Kier molecular flexibility index (Phi) is 21.5. The summed E-state index contributed by atoms with van der Waals surface area (Å²) in [4.78, 5) is 28.4. The van der Waals surface area contributed by atoms with Crippen LogP contribution in [0.1, 0.15) is 145 Å². The number of furan rings is 2. The number of carboxylic acid groups (broad SMARTS) is 1. The van der Waals surface area contributed by atoms with Crippen LogP contribution in [0.2, 0.25) is 10.0 Å². The molecule has 12 heteroatoms. The number of rotatable bonds is 19. The number of fused-ring (bicyclic) bond motifs is 2. The number of carbonyl (C=O) groups is 2. The van der Waals surface area contributed by atoms with Gasteiger partial charge in [-0.1, -0.05) is 98.1 Å². The number of esters is 1. The second kappa shape index (κ2) is 24.9. The Morgan fingerprint density at radius 3 is 1.55 bits per heavy atom. The molecule has 9 nitrogen and oxygen atoms in total. The van der Waals surface area contributed by atoms with E-state index in [-0.39, 0.29) is 47.0 Å². The molecule has 6 rings (SSSR count). The Balaban J connectivity index is 0.000000311. The molecular formula is C48H65Cl2N2NaO7. The molecule has 0 aliphatic carbocycles. The third kappa shape index (κ3) is 14.5. The molecule has 0 bridgehead atoms. The van der Waals surface area contributed by atoms with Crippen molar-refractivity contribution in [3.05, 3.63) is 117 Å². The van der Waals surface area contributed by atoms with Gasteiger partial charge in [0.05, 0.1) is 30.0 Å². The Hall–Kier alpha value is -2.60. The second-order valence-corrected chi connectivity index (χ2v) is 18.1. The van der Waals surface area contributed by atoms with E-state index in [1.807, 2.05) is 45.0 Å². The maximum Gasteiger partial charge on any atom is 1.00 e. The predicted octanol–water partition coefficient (Wildman–Crippen LogP) is 9.49. The number of unbranched alkanes of at least 4 members (excludes halogenated alkanes) is 4. The van der Waals surface area contributed by atoms with Crippen molar-refractivity contribution in [2.24, 2.45) is 10.8 Å². The molecule has 0 amide bonds. The Bertz CT molecular complexity index is 1910. The smallest absolute Gasteiger partial charge is 0.870 e. The molecule has 2 unspecified atom stereocenters. The molecule has 2 atom stereocenters. The third-order valence-electron chi connectivity index (χ3n) is 12.1. The maximum absolute atomic E-state index is 12.1. The van der Waals surface area contributed by atoms with E-state index in [1.54, 1.807) is 26.4 Å². The summed E-state index contributed by atoms with van der Waals surface area (Å²) in [5, 5.41) is 10.9. The van der Waals surface area contributed by atoms with Crippen LogP contribution < -0.4 is 29.6 Å². The van der Waals surface area contributed by atoms with E-state index < -0.39 is 16.8 Å². The first kappa shape index (κ1) is 51.7. The summed E-state index contributed by atoms with van der Waals surface area (Å²) in [5.41, 5.74) is 3.89. The van der Waals surface area contributed by atoms with Crippen molar-refractivity contribution in [3.8, 4) is 0 Å². The van der Waals surface area contributed by atoms with Crippen molar-refractivity contribution in [1.82, 2.24) is 9.80 Å². The average Bonchev–Trinajstić information content (AvgIpc) is 3.88. The molecule has 324 valence electrons. The van der Waals surface area contributed by atoms with Crippen molar-refractivity contribution in [3.63, 3.8) is 0 Å². The van der Waals surface area contributed by atoms with E-state index in [0.717, 1.165) is 118 Å². The number of carbonyl (C=O) groups excluding carboxylic acids is 1. The summed E-state index contributed by atoms with van der Waals surface area (Å²) in [7, 11) is 0. The van der Waals surface area contributed by atoms with Crippen molar-refractivity contribution < 1.29 is 63.3 Å². The van der Waals surface area contributed by atoms with Gasteiger partial charge in [-0.3, -0.25) is 19.4 Å². The molecule has 2 aromatic heterocycles. The van der Waals surface area contributed by atoms with E-state index in [4.69, 9.17) is 36.8 Å². The molecule has 0 radical (unpaired) electrons. The van der Waals surface area contributed by atoms with Crippen LogP contribution in [0.25, 0.3) is 0 Å². The number of hydrogen-bond donors (Lipinski definition) is 1. The van der Waals surface area contributed by atoms with Crippen molar-refractivity contribution in [2.45, 2.75) is 137 Å². The third-order valence-corrected chi connectivity index (χ3v) is 12.7. The topological polar surface area (TPSA) is 126 Å². The van der Waals surface area contributed by atoms with Gasteiger partial charge in [0.2, 0.25) is 0 Å². The summed E-state index contributed by atoms with van der Waals surface area (Å²) in [5.74, 6) is 1.41. The van der Waals surface area contributed by atoms with Crippen LogP contribution in [0.5, 0.6) is 0 Å². The Morgan fingerprint density at radius 2 is 1.13 bits per heavy atom. The van der Waals surface area contributed by atoms with Crippen LogP contribution in [-0.2, 0) is 40.3 Å². The molecule has 0 saturated carbocycles. The minimum Gasteiger partial charge on any atom is -0.870 e. The molecule has 2 aromatic carbocycles. The Morgan fingerprint density at radius 1 is 0.700 bits per heavy atom. The van der Waals surface area contributed by atoms with E-state index in [1.165, 1.54) is 22.3 Å². The molecule has 60 heavy (non-hydrogen) atoms. The van der Waals surface area contributed by atoms with E-state index in [9.17, 15) is 14.7 Å².